The summed E-state index contributed by atoms with van der Waals surface area (Å²) in [6.07, 6.45) is 5.02. The molecule has 0 aliphatic heterocycles. The van der Waals surface area contributed by atoms with Gasteiger partial charge in [0.05, 0.1) is 19.3 Å². The van der Waals surface area contributed by atoms with Gasteiger partial charge in [0.1, 0.15) is 0 Å². The molecule has 1 aliphatic carbocycles. The maximum Gasteiger partial charge on any atom is 0.337 e. The monoisotopic (exact) mass is 277 g/mol. The summed E-state index contributed by atoms with van der Waals surface area (Å²) in [5, 5.41) is 9.22. The predicted octanol–water partition coefficient (Wildman–Crippen LogP) is 2.21. The Labute approximate surface area is 120 Å². The maximum atomic E-state index is 11.4. The minimum atomic E-state index is -0.306. The molecular weight excluding hydrogens is 254 g/mol. The number of nitrogens with zero attached hydrogens (tertiary/aromatic N) is 1. The van der Waals surface area contributed by atoms with Crippen molar-refractivity contribution in [3.63, 3.8) is 0 Å². The summed E-state index contributed by atoms with van der Waals surface area (Å²) in [6, 6.07) is 8.11. The van der Waals surface area contributed by atoms with Gasteiger partial charge < -0.3 is 9.84 Å². The topological polar surface area (TPSA) is 49.8 Å². The maximum absolute atomic E-state index is 11.4. The second kappa shape index (κ2) is 7.41. The largest absolute Gasteiger partial charge is 0.465 e. The number of carbonyl (C=O) groups is 1. The van der Waals surface area contributed by atoms with Crippen LogP contribution in [0.2, 0.25) is 0 Å². The summed E-state index contributed by atoms with van der Waals surface area (Å²) in [7, 11) is 1.39. The fourth-order valence-corrected chi connectivity index (χ4v) is 2.89. The van der Waals surface area contributed by atoms with Gasteiger partial charge in [-0.2, -0.15) is 0 Å². The number of aliphatic hydroxyl groups is 1. The van der Waals surface area contributed by atoms with Crippen LogP contribution in [0.15, 0.2) is 24.3 Å². The molecule has 0 unspecified atom stereocenters. The SMILES string of the molecule is COC(=O)c1ccc(CN(CCO)C2CCCC2)cc1. The molecule has 0 amide bonds. The van der Waals surface area contributed by atoms with Crippen molar-refractivity contribution in [1.82, 2.24) is 4.90 Å². The molecule has 1 aliphatic rings. The van der Waals surface area contributed by atoms with E-state index in [1.807, 2.05) is 12.1 Å². The van der Waals surface area contributed by atoms with Crippen molar-refractivity contribution in [2.75, 3.05) is 20.3 Å². The zero-order valence-corrected chi connectivity index (χ0v) is 12.0. The van der Waals surface area contributed by atoms with E-state index in [1.54, 1.807) is 12.1 Å². The van der Waals surface area contributed by atoms with E-state index < -0.39 is 0 Å². The number of hydrogen-bond acceptors (Lipinski definition) is 4. The molecule has 0 radical (unpaired) electrons. The number of methoxy groups -OCH3 is 1. The highest BCUT2D eigenvalue weighted by atomic mass is 16.5. The molecule has 1 aromatic carbocycles. The van der Waals surface area contributed by atoms with Gasteiger partial charge in [-0.05, 0) is 30.5 Å². The normalized spacial score (nSPS) is 15.8. The number of ether oxygens (including phenoxy) is 1. The Kier molecular flexibility index (Phi) is 5.56. The zero-order chi connectivity index (χ0) is 14.4. The summed E-state index contributed by atoms with van der Waals surface area (Å²) < 4.78 is 4.69. The first-order valence-electron chi connectivity index (χ1n) is 7.26. The minimum absolute atomic E-state index is 0.191. The van der Waals surface area contributed by atoms with Crippen molar-refractivity contribution in [3.8, 4) is 0 Å². The van der Waals surface area contributed by atoms with Gasteiger partial charge in [-0.25, -0.2) is 4.79 Å². The van der Waals surface area contributed by atoms with Crippen molar-refractivity contribution >= 4 is 5.97 Å². The van der Waals surface area contributed by atoms with Crippen LogP contribution in [-0.4, -0.2) is 42.3 Å². The van der Waals surface area contributed by atoms with Gasteiger partial charge in [0, 0.05) is 19.1 Å². The van der Waals surface area contributed by atoms with Crippen LogP contribution in [0.25, 0.3) is 0 Å². The molecule has 1 saturated carbocycles. The second-order valence-corrected chi connectivity index (χ2v) is 5.32. The zero-order valence-electron chi connectivity index (χ0n) is 12.0. The lowest BCUT2D eigenvalue weighted by Gasteiger charge is -2.28. The van der Waals surface area contributed by atoms with Crippen LogP contribution in [0.4, 0.5) is 0 Å². The van der Waals surface area contributed by atoms with Crippen molar-refractivity contribution < 1.29 is 14.6 Å². The average molecular weight is 277 g/mol. The summed E-state index contributed by atoms with van der Waals surface area (Å²) in [6.45, 7) is 1.73. The van der Waals surface area contributed by atoms with E-state index in [1.165, 1.54) is 32.8 Å². The van der Waals surface area contributed by atoms with Crippen molar-refractivity contribution in [1.29, 1.82) is 0 Å². The van der Waals surface area contributed by atoms with E-state index in [2.05, 4.69) is 4.90 Å². The number of esters is 1. The van der Waals surface area contributed by atoms with E-state index in [4.69, 9.17) is 4.74 Å². The van der Waals surface area contributed by atoms with E-state index in [0.717, 1.165) is 12.1 Å². The summed E-state index contributed by atoms with van der Waals surface area (Å²) in [4.78, 5) is 13.7. The highest BCUT2D eigenvalue weighted by molar-refractivity contribution is 5.89. The molecule has 0 saturated heterocycles. The highest BCUT2D eigenvalue weighted by Crippen LogP contribution is 2.24. The standard InChI is InChI=1S/C16H23NO3/c1-20-16(19)14-8-6-13(7-9-14)12-17(10-11-18)15-4-2-3-5-15/h6-9,15,18H,2-5,10-12H2,1H3. The van der Waals surface area contributed by atoms with Gasteiger partial charge in [-0.3, -0.25) is 4.90 Å². The first-order valence-corrected chi connectivity index (χ1v) is 7.26. The second-order valence-electron chi connectivity index (χ2n) is 5.32. The molecule has 2 rings (SSSR count). The number of aliphatic hydroxyl groups excluding tert-OH is 1. The number of rotatable bonds is 6. The van der Waals surface area contributed by atoms with Crippen LogP contribution in [0.3, 0.4) is 0 Å². The number of hydrogen-bond donors (Lipinski definition) is 1. The first-order chi connectivity index (χ1) is 9.74. The third-order valence-electron chi connectivity index (χ3n) is 3.99. The van der Waals surface area contributed by atoms with Crippen LogP contribution in [0, 0.1) is 0 Å². The molecule has 0 atom stereocenters. The van der Waals surface area contributed by atoms with Crippen molar-refractivity contribution in [2.45, 2.75) is 38.3 Å². The lowest BCUT2D eigenvalue weighted by Crippen LogP contribution is -2.35. The van der Waals surface area contributed by atoms with Gasteiger partial charge >= 0.3 is 5.97 Å². The van der Waals surface area contributed by atoms with Crippen LogP contribution in [0.5, 0.6) is 0 Å². The van der Waals surface area contributed by atoms with Crippen molar-refractivity contribution in [2.24, 2.45) is 0 Å². The molecule has 4 heteroatoms. The van der Waals surface area contributed by atoms with Gasteiger partial charge in [-0.1, -0.05) is 25.0 Å². The quantitative estimate of drug-likeness (QED) is 0.810. The Balaban J connectivity index is 2.00. The first kappa shape index (κ1) is 15.0. The average Bonchev–Trinajstić information content (AvgIpc) is 3.01. The van der Waals surface area contributed by atoms with Gasteiger partial charge in [0.25, 0.3) is 0 Å². The summed E-state index contributed by atoms with van der Waals surface area (Å²) >= 11 is 0. The molecule has 0 bridgehead atoms. The minimum Gasteiger partial charge on any atom is -0.465 e. The molecule has 0 spiro atoms. The smallest absolute Gasteiger partial charge is 0.337 e. The number of carbonyl (C=O) groups excluding carboxylic acids is 1. The molecule has 110 valence electrons. The number of benzene rings is 1. The van der Waals surface area contributed by atoms with E-state index in [-0.39, 0.29) is 12.6 Å². The summed E-state index contributed by atoms with van der Waals surface area (Å²) in [5.74, 6) is -0.306. The van der Waals surface area contributed by atoms with Gasteiger partial charge in [0.2, 0.25) is 0 Å². The lowest BCUT2D eigenvalue weighted by molar-refractivity contribution is 0.0600. The Bertz CT molecular complexity index is 424. The van der Waals surface area contributed by atoms with E-state index in [0.29, 0.717) is 18.2 Å². The fourth-order valence-electron chi connectivity index (χ4n) is 2.89. The van der Waals surface area contributed by atoms with E-state index in [9.17, 15) is 9.90 Å². The van der Waals surface area contributed by atoms with Crippen LogP contribution in [0.1, 0.15) is 41.6 Å². The summed E-state index contributed by atoms with van der Waals surface area (Å²) in [5.41, 5.74) is 1.74. The highest BCUT2D eigenvalue weighted by Gasteiger charge is 2.22. The Hall–Kier alpha value is -1.39. The van der Waals surface area contributed by atoms with Gasteiger partial charge in [-0.15, -0.1) is 0 Å². The Morgan fingerprint density at radius 2 is 1.95 bits per heavy atom. The van der Waals surface area contributed by atoms with Crippen LogP contribution < -0.4 is 0 Å². The molecule has 1 aromatic rings. The van der Waals surface area contributed by atoms with E-state index >= 15 is 0 Å². The van der Waals surface area contributed by atoms with Crippen LogP contribution in [-0.2, 0) is 11.3 Å². The third kappa shape index (κ3) is 3.81. The lowest BCUT2D eigenvalue weighted by atomic mass is 10.1. The predicted molar refractivity (Wildman–Crippen MR) is 77.5 cm³/mol. The molecule has 20 heavy (non-hydrogen) atoms. The molecule has 0 heterocycles. The molecule has 1 fully saturated rings. The van der Waals surface area contributed by atoms with Crippen LogP contribution >= 0.6 is 0 Å². The fraction of sp³-hybridized carbons (Fsp3) is 0.562. The molecule has 1 N–H and O–H groups in total. The molecule has 4 nitrogen and oxygen atoms in total. The third-order valence-corrected chi connectivity index (χ3v) is 3.99. The van der Waals surface area contributed by atoms with Gasteiger partial charge in [0.15, 0.2) is 0 Å². The Morgan fingerprint density at radius 1 is 1.30 bits per heavy atom. The Morgan fingerprint density at radius 3 is 2.50 bits per heavy atom. The molecular formula is C16H23NO3. The van der Waals surface area contributed by atoms with Crippen molar-refractivity contribution in [3.05, 3.63) is 35.4 Å². The molecule has 0 aromatic heterocycles.